The van der Waals surface area contributed by atoms with Crippen molar-refractivity contribution in [3.8, 4) is 95.5 Å². The second-order valence-electron chi connectivity index (χ2n) is 17.5. The minimum absolute atomic E-state index is 0.575. The van der Waals surface area contributed by atoms with E-state index in [9.17, 15) is 0 Å². The van der Waals surface area contributed by atoms with Crippen molar-refractivity contribution in [2.24, 2.45) is 0 Å². The van der Waals surface area contributed by atoms with Gasteiger partial charge >= 0.3 is 0 Å². The van der Waals surface area contributed by atoms with Crippen LogP contribution in [-0.4, -0.2) is 28.9 Å². The Labute approximate surface area is 405 Å². The smallest absolute Gasteiger partial charge is 0.220 e. The number of hydrogen-bond acceptors (Lipinski definition) is 4. The van der Waals surface area contributed by atoms with Crippen molar-refractivity contribution < 1.29 is 0 Å². The molecule has 3 heterocycles. The van der Waals surface area contributed by atoms with Gasteiger partial charge in [-0.3, -0.25) is 8.97 Å². The Hall–Kier alpha value is -9.52. The molecule has 0 bridgehead atoms. The molecule has 0 fully saturated rings. The molecule has 0 atom stereocenters. The molecule has 0 aliphatic carbocycles. The van der Waals surface area contributed by atoms with E-state index >= 15 is 0 Å². The topological polar surface area (TPSA) is 60.9 Å². The highest BCUT2D eigenvalue weighted by molar-refractivity contribution is 5.99. The Kier molecular flexibility index (Phi) is 10.1. The van der Waals surface area contributed by atoms with Crippen LogP contribution in [0.1, 0.15) is 0 Å². The summed E-state index contributed by atoms with van der Waals surface area (Å²) in [6.45, 7) is 0. The SMILES string of the molecule is c1ccc(-c2ccc(-c3cc(-c4nc(-c5ccccc5)nc(-c5ccccc5)n4)cc(-c4ccc(-c5ccccc5)cc4)c3-n3c4ccccc4n4c5cc(-c6ccccc6)ccc5nc34)cc2)cc1. The molecule has 0 spiro atoms. The van der Waals surface area contributed by atoms with Crippen LogP contribution in [0.25, 0.3) is 123 Å². The third kappa shape index (κ3) is 7.32. The van der Waals surface area contributed by atoms with Gasteiger partial charge < -0.3 is 0 Å². The molecular formula is C64H42N6. The first-order valence-corrected chi connectivity index (χ1v) is 23.5. The average molecular weight is 895 g/mol. The van der Waals surface area contributed by atoms with Gasteiger partial charge in [-0.05, 0) is 80.9 Å². The van der Waals surface area contributed by atoms with Crippen LogP contribution in [0.15, 0.2) is 255 Å². The predicted molar refractivity (Wildman–Crippen MR) is 286 cm³/mol. The van der Waals surface area contributed by atoms with Gasteiger partial charge in [-0.25, -0.2) is 19.9 Å². The molecule has 13 rings (SSSR count). The summed E-state index contributed by atoms with van der Waals surface area (Å²) in [4.78, 5) is 21.1. The fraction of sp³-hybridized carbons (Fsp3) is 0. The summed E-state index contributed by atoms with van der Waals surface area (Å²) in [6.07, 6.45) is 0. The first-order chi connectivity index (χ1) is 34.7. The van der Waals surface area contributed by atoms with E-state index in [0.717, 1.165) is 106 Å². The van der Waals surface area contributed by atoms with Gasteiger partial charge in [0.05, 0.1) is 27.8 Å². The third-order valence-electron chi connectivity index (χ3n) is 13.2. The van der Waals surface area contributed by atoms with Crippen molar-refractivity contribution in [3.63, 3.8) is 0 Å². The van der Waals surface area contributed by atoms with E-state index < -0.39 is 0 Å². The van der Waals surface area contributed by atoms with Gasteiger partial charge in [-0.1, -0.05) is 218 Å². The van der Waals surface area contributed by atoms with E-state index in [0.29, 0.717) is 17.5 Å². The Morgan fingerprint density at radius 3 is 1.07 bits per heavy atom. The van der Waals surface area contributed by atoms with Gasteiger partial charge in [0, 0.05) is 27.8 Å². The monoisotopic (exact) mass is 894 g/mol. The van der Waals surface area contributed by atoms with E-state index in [2.05, 4.69) is 227 Å². The minimum atomic E-state index is 0.575. The number of nitrogens with zero attached hydrogens (tertiary/aromatic N) is 6. The number of para-hydroxylation sites is 2. The normalized spacial score (nSPS) is 11.4. The quantitative estimate of drug-likeness (QED) is 0.145. The zero-order chi connectivity index (χ0) is 46.4. The molecule has 0 aliphatic rings. The van der Waals surface area contributed by atoms with E-state index in [1.165, 1.54) is 0 Å². The largest absolute Gasteiger partial charge is 0.277 e. The lowest BCUT2D eigenvalue weighted by molar-refractivity contribution is 1.07. The molecule has 0 radical (unpaired) electrons. The van der Waals surface area contributed by atoms with Crippen molar-refractivity contribution in [3.05, 3.63) is 255 Å². The van der Waals surface area contributed by atoms with Gasteiger partial charge in [0.1, 0.15) is 0 Å². The van der Waals surface area contributed by atoms with Crippen molar-refractivity contribution in [2.75, 3.05) is 0 Å². The van der Waals surface area contributed by atoms with Crippen LogP contribution >= 0.6 is 0 Å². The van der Waals surface area contributed by atoms with Gasteiger partial charge in [0.2, 0.25) is 5.78 Å². The average Bonchev–Trinajstić information content (AvgIpc) is 3.98. The Morgan fingerprint density at radius 1 is 0.243 bits per heavy atom. The number of benzene rings is 10. The van der Waals surface area contributed by atoms with E-state index in [1.54, 1.807) is 0 Å². The van der Waals surface area contributed by atoms with Crippen LogP contribution in [0, 0.1) is 0 Å². The number of imidazole rings is 2. The molecule has 0 saturated heterocycles. The Balaban J connectivity index is 1.13. The summed E-state index contributed by atoms with van der Waals surface area (Å²) >= 11 is 0. The zero-order valence-electron chi connectivity index (χ0n) is 37.9. The molecule has 10 aromatic carbocycles. The maximum Gasteiger partial charge on any atom is 0.220 e. The van der Waals surface area contributed by atoms with Crippen LogP contribution in [0.3, 0.4) is 0 Å². The Bertz CT molecular complexity index is 3840. The number of fused-ring (bicyclic) bond motifs is 5. The van der Waals surface area contributed by atoms with E-state index in [4.69, 9.17) is 19.9 Å². The lowest BCUT2D eigenvalue weighted by Gasteiger charge is -2.20. The molecule has 0 unspecified atom stereocenters. The first-order valence-electron chi connectivity index (χ1n) is 23.5. The molecule has 6 heteroatoms. The van der Waals surface area contributed by atoms with Gasteiger partial charge in [0.15, 0.2) is 17.5 Å². The maximum absolute atomic E-state index is 5.50. The summed E-state index contributed by atoms with van der Waals surface area (Å²) in [5.41, 5.74) is 18.7. The van der Waals surface area contributed by atoms with Crippen LogP contribution in [0.2, 0.25) is 0 Å². The molecule has 70 heavy (non-hydrogen) atoms. The van der Waals surface area contributed by atoms with Crippen LogP contribution in [-0.2, 0) is 0 Å². The highest BCUT2D eigenvalue weighted by Gasteiger charge is 2.25. The van der Waals surface area contributed by atoms with E-state index in [1.807, 2.05) is 36.4 Å². The molecule has 0 N–H and O–H groups in total. The molecule has 6 nitrogen and oxygen atoms in total. The summed E-state index contributed by atoms with van der Waals surface area (Å²) in [5.74, 6) is 2.60. The van der Waals surface area contributed by atoms with Crippen molar-refractivity contribution in [2.45, 2.75) is 0 Å². The number of rotatable bonds is 9. The molecule has 0 amide bonds. The van der Waals surface area contributed by atoms with Crippen LogP contribution in [0.5, 0.6) is 0 Å². The van der Waals surface area contributed by atoms with Gasteiger partial charge in [-0.15, -0.1) is 0 Å². The number of aromatic nitrogens is 6. The molecule has 3 aromatic heterocycles. The highest BCUT2D eigenvalue weighted by Crippen LogP contribution is 2.44. The van der Waals surface area contributed by atoms with Crippen LogP contribution in [0.4, 0.5) is 0 Å². The van der Waals surface area contributed by atoms with Crippen molar-refractivity contribution >= 4 is 27.8 Å². The molecule has 0 aliphatic heterocycles. The molecule has 13 aromatic rings. The minimum Gasteiger partial charge on any atom is -0.277 e. The fourth-order valence-electron chi connectivity index (χ4n) is 9.76. The Morgan fingerprint density at radius 2 is 0.600 bits per heavy atom. The summed E-state index contributed by atoms with van der Waals surface area (Å²) in [6, 6.07) is 89.5. The lowest BCUT2D eigenvalue weighted by Crippen LogP contribution is -2.04. The molecule has 0 saturated carbocycles. The predicted octanol–water partition coefficient (Wildman–Crippen LogP) is 16.0. The lowest BCUT2D eigenvalue weighted by atomic mass is 9.91. The van der Waals surface area contributed by atoms with E-state index in [-0.39, 0.29) is 0 Å². The van der Waals surface area contributed by atoms with Crippen molar-refractivity contribution in [1.82, 2.24) is 28.9 Å². The summed E-state index contributed by atoms with van der Waals surface area (Å²) < 4.78 is 4.68. The molecular weight excluding hydrogens is 853 g/mol. The van der Waals surface area contributed by atoms with Gasteiger partial charge in [-0.2, -0.15) is 0 Å². The van der Waals surface area contributed by atoms with Gasteiger partial charge in [0.25, 0.3) is 0 Å². The second kappa shape index (κ2) is 17.3. The number of hydrogen-bond donors (Lipinski definition) is 0. The maximum atomic E-state index is 5.50. The zero-order valence-corrected chi connectivity index (χ0v) is 37.9. The summed E-state index contributed by atoms with van der Waals surface area (Å²) in [7, 11) is 0. The molecule has 328 valence electrons. The fourth-order valence-corrected chi connectivity index (χ4v) is 9.76. The standard InChI is InChI=1S/C64H42N6/c1-6-18-43(19-7-1)46-30-34-48(35-31-46)54-40-53(63-67-61(50-24-12-4-13-25-50)66-62(68-63)51-26-14-5-15-27-51)41-55(49-36-32-47(33-37-49)44-20-8-2-9-21-44)60(54)70-58-29-17-16-28-57(58)69-59-42-52(45-22-10-3-11-23-45)38-39-56(59)65-64(69)70/h1-42H. The van der Waals surface area contributed by atoms with Crippen LogP contribution < -0.4 is 0 Å². The summed E-state index contributed by atoms with van der Waals surface area (Å²) in [5, 5.41) is 0. The highest BCUT2D eigenvalue weighted by atomic mass is 15.2. The van der Waals surface area contributed by atoms with Crippen molar-refractivity contribution in [1.29, 1.82) is 0 Å². The first kappa shape index (κ1) is 40.7. The second-order valence-corrected chi connectivity index (χ2v) is 17.5. The third-order valence-corrected chi connectivity index (χ3v) is 13.2.